The van der Waals surface area contributed by atoms with Crippen molar-refractivity contribution in [3.8, 4) is 0 Å². The molecule has 0 saturated carbocycles. The van der Waals surface area contributed by atoms with Crippen molar-refractivity contribution in [2.45, 2.75) is 46.6 Å². The monoisotopic (exact) mass is 334 g/mol. The summed E-state index contributed by atoms with van der Waals surface area (Å²) in [6, 6.07) is 1.90. The van der Waals surface area contributed by atoms with Crippen LogP contribution in [0.1, 0.15) is 40.0 Å². The summed E-state index contributed by atoms with van der Waals surface area (Å²) in [7, 11) is 0. The van der Waals surface area contributed by atoms with Gasteiger partial charge in [-0.25, -0.2) is 0 Å². The van der Waals surface area contributed by atoms with Gasteiger partial charge in [0.25, 0.3) is 0 Å². The van der Waals surface area contributed by atoms with E-state index in [0.717, 1.165) is 32.4 Å². The van der Waals surface area contributed by atoms with E-state index in [0.29, 0.717) is 19.0 Å². The number of aromatic nitrogens is 2. The molecule has 24 heavy (non-hydrogen) atoms. The maximum Gasteiger partial charge on any atom is 0.225 e. The summed E-state index contributed by atoms with van der Waals surface area (Å²) >= 11 is 0. The zero-order chi connectivity index (χ0) is 17.5. The minimum Gasteiger partial charge on any atom is -0.355 e. The summed E-state index contributed by atoms with van der Waals surface area (Å²) < 4.78 is 1.88. The van der Waals surface area contributed by atoms with Gasteiger partial charge in [-0.05, 0) is 31.2 Å². The molecule has 1 N–H and O–H groups in total. The Morgan fingerprint density at radius 3 is 2.83 bits per heavy atom. The molecular weight excluding hydrogens is 304 g/mol. The Bertz CT molecular complexity index is 529. The number of hydrogen-bond acceptors (Lipinski definition) is 3. The highest BCUT2D eigenvalue weighted by molar-refractivity contribution is 5.82. The highest BCUT2D eigenvalue weighted by atomic mass is 16.2. The Morgan fingerprint density at radius 1 is 1.38 bits per heavy atom. The van der Waals surface area contributed by atoms with E-state index < -0.39 is 0 Å². The lowest BCUT2D eigenvalue weighted by molar-refractivity contribution is -0.139. The number of nitrogens with one attached hydrogen (secondary N) is 1. The predicted molar refractivity (Wildman–Crippen MR) is 93.2 cm³/mol. The van der Waals surface area contributed by atoms with Crippen molar-refractivity contribution >= 4 is 11.8 Å². The van der Waals surface area contributed by atoms with Crippen LogP contribution in [0.4, 0.5) is 0 Å². The van der Waals surface area contributed by atoms with E-state index >= 15 is 0 Å². The number of carbonyl (C=O) groups is 2. The molecule has 1 aromatic heterocycles. The average molecular weight is 334 g/mol. The molecule has 1 fully saturated rings. The first-order valence-electron chi connectivity index (χ1n) is 9.05. The van der Waals surface area contributed by atoms with E-state index in [1.54, 1.807) is 6.20 Å². The van der Waals surface area contributed by atoms with Gasteiger partial charge in [-0.15, -0.1) is 0 Å². The number of carbonyl (C=O) groups excluding carboxylic acids is 2. The maximum atomic E-state index is 12.4. The second kappa shape index (κ2) is 8.85. The fourth-order valence-electron chi connectivity index (χ4n) is 3.09. The second-order valence-corrected chi connectivity index (χ2v) is 7.01. The van der Waals surface area contributed by atoms with Crippen LogP contribution in [-0.4, -0.2) is 46.1 Å². The lowest BCUT2D eigenvalue weighted by atomic mass is 9.95. The van der Waals surface area contributed by atoms with Gasteiger partial charge in [0.15, 0.2) is 0 Å². The topological polar surface area (TPSA) is 67.2 Å². The number of likely N-dealkylation sites (tertiary alicyclic amines) is 1. The number of hydrogen-bond donors (Lipinski definition) is 1. The molecular formula is C18H30N4O2. The van der Waals surface area contributed by atoms with Gasteiger partial charge in [0, 0.05) is 44.5 Å². The van der Waals surface area contributed by atoms with E-state index in [9.17, 15) is 9.59 Å². The van der Waals surface area contributed by atoms with E-state index in [4.69, 9.17) is 0 Å². The molecule has 1 aromatic rings. The van der Waals surface area contributed by atoms with Crippen LogP contribution in [0.5, 0.6) is 0 Å². The first kappa shape index (κ1) is 18.5. The van der Waals surface area contributed by atoms with Crippen LogP contribution in [0.3, 0.4) is 0 Å². The van der Waals surface area contributed by atoms with Crippen LogP contribution in [-0.2, 0) is 16.1 Å². The number of nitrogens with zero attached hydrogens (tertiary/aromatic N) is 3. The van der Waals surface area contributed by atoms with Crippen LogP contribution in [0.2, 0.25) is 0 Å². The quantitative estimate of drug-likeness (QED) is 0.828. The van der Waals surface area contributed by atoms with E-state index in [2.05, 4.69) is 17.3 Å². The Hall–Kier alpha value is -1.85. The fraction of sp³-hybridized carbons (Fsp3) is 0.722. The van der Waals surface area contributed by atoms with Gasteiger partial charge in [-0.1, -0.05) is 20.8 Å². The molecule has 6 heteroatoms. The number of rotatable bonds is 7. The summed E-state index contributed by atoms with van der Waals surface area (Å²) in [5.41, 5.74) is 0. The molecule has 2 rings (SSSR count). The van der Waals surface area contributed by atoms with Gasteiger partial charge >= 0.3 is 0 Å². The largest absolute Gasteiger partial charge is 0.355 e. The van der Waals surface area contributed by atoms with Gasteiger partial charge in [-0.3, -0.25) is 14.3 Å². The number of piperidine rings is 1. The zero-order valence-electron chi connectivity index (χ0n) is 15.1. The minimum atomic E-state index is -0.0799. The second-order valence-electron chi connectivity index (χ2n) is 7.01. The summed E-state index contributed by atoms with van der Waals surface area (Å²) in [6.07, 6.45) is 6.30. The minimum absolute atomic E-state index is 0.0425. The molecule has 0 unspecified atom stereocenters. The molecule has 0 aliphatic carbocycles. The Labute approximate surface area is 144 Å². The first-order chi connectivity index (χ1) is 11.5. The van der Waals surface area contributed by atoms with Crippen molar-refractivity contribution < 1.29 is 9.59 Å². The molecule has 1 aliphatic rings. The molecule has 2 heterocycles. The van der Waals surface area contributed by atoms with Gasteiger partial charge < -0.3 is 10.2 Å². The smallest absolute Gasteiger partial charge is 0.225 e. The van der Waals surface area contributed by atoms with Gasteiger partial charge in [0.2, 0.25) is 11.8 Å². The van der Waals surface area contributed by atoms with Gasteiger partial charge in [-0.2, -0.15) is 5.10 Å². The Kier molecular flexibility index (Phi) is 6.82. The summed E-state index contributed by atoms with van der Waals surface area (Å²) in [6.45, 7) is 8.85. The number of amides is 2. The molecule has 0 bridgehead atoms. The molecule has 0 radical (unpaired) electrons. The van der Waals surface area contributed by atoms with Crippen LogP contribution < -0.4 is 5.32 Å². The maximum absolute atomic E-state index is 12.4. The van der Waals surface area contributed by atoms with Gasteiger partial charge in [0.05, 0.1) is 5.92 Å². The molecule has 0 aromatic carbocycles. The lowest BCUT2D eigenvalue weighted by Gasteiger charge is -2.33. The van der Waals surface area contributed by atoms with Crippen molar-refractivity contribution in [1.82, 2.24) is 20.0 Å². The first-order valence-corrected chi connectivity index (χ1v) is 9.05. The Balaban J connectivity index is 1.78. The molecule has 2 amide bonds. The highest BCUT2D eigenvalue weighted by Gasteiger charge is 2.29. The third-order valence-electron chi connectivity index (χ3n) is 4.82. The summed E-state index contributed by atoms with van der Waals surface area (Å²) in [5.74, 6) is 0.533. The molecule has 6 nitrogen and oxygen atoms in total. The van der Waals surface area contributed by atoms with Crippen LogP contribution in [0.15, 0.2) is 18.5 Å². The SMILES string of the molecule is CC[C@H](C)C(=O)N1CCC[C@H](C(=O)NC[C@@H](C)Cn2cccn2)C1. The Morgan fingerprint density at radius 2 is 2.17 bits per heavy atom. The van der Waals surface area contributed by atoms with Crippen LogP contribution >= 0.6 is 0 Å². The molecule has 1 aliphatic heterocycles. The van der Waals surface area contributed by atoms with E-state index in [-0.39, 0.29) is 23.7 Å². The molecule has 3 atom stereocenters. The highest BCUT2D eigenvalue weighted by Crippen LogP contribution is 2.19. The standard InChI is InChI=1S/C18H30N4O2/c1-4-15(3)18(24)21-9-5-7-16(13-21)17(23)19-11-14(2)12-22-10-6-8-20-22/h6,8,10,14-16H,4-5,7,9,11-13H2,1-3H3,(H,19,23)/t14-,15+,16+/m1/s1. The predicted octanol–water partition coefficient (Wildman–Crippen LogP) is 1.92. The zero-order valence-corrected chi connectivity index (χ0v) is 15.1. The van der Waals surface area contributed by atoms with Crippen molar-refractivity contribution in [2.75, 3.05) is 19.6 Å². The van der Waals surface area contributed by atoms with Crippen LogP contribution in [0, 0.1) is 17.8 Å². The normalized spacial score (nSPS) is 20.5. The van der Waals surface area contributed by atoms with Crippen molar-refractivity contribution in [3.05, 3.63) is 18.5 Å². The lowest BCUT2D eigenvalue weighted by Crippen LogP contribution is -2.47. The van der Waals surface area contributed by atoms with Crippen molar-refractivity contribution in [2.24, 2.45) is 17.8 Å². The summed E-state index contributed by atoms with van der Waals surface area (Å²) in [4.78, 5) is 26.6. The molecule has 134 valence electrons. The molecule has 1 saturated heterocycles. The summed E-state index contributed by atoms with van der Waals surface area (Å²) in [5, 5.41) is 7.24. The van der Waals surface area contributed by atoms with E-state index in [1.807, 2.05) is 35.7 Å². The third-order valence-corrected chi connectivity index (χ3v) is 4.82. The van der Waals surface area contributed by atoms with Crippen molar-refractivity contribution in [1.29, 1.82) is 0 Å². The third kappa shape index (κ3) is 5.08. The average Bonchev–Trinajstić information content (AvgIpc) is 3.11. The fourth-order valence-corrected chi connectivity index (χ4v) is 3.09. The van der Waals surface area contributed by atoms with Gasteiger partial charge in [0.1, 0.15) is 0 Å². The van der Waals surface area contributed by atoms with Crippen LogP contribution in [0.25, 0.3) is 0 Å². The molecule has 0 spiro atoms. The van der Waals surface area contributed by atoms with E-state index in [1.165, 1.54) is 0 Å². The van der Waals surface area contributed by atoms with Crippen molar-refractivity contribution in [3.63, 3.8) is 0 Å².